The highest BCUT2D eigenvalue weighted by molar-refractivity contribution is 7.09. The van der Waals surface area contributed by atoms with Gasteiger partial charge in [-0.05, 0) is 37.1 Å². The molecule has 0 bridgehead atoms. The Balaban J connectivity index is 1.88. The van der Waals surface area contributed by atoms with Crippen molar-refractivity contribution in [3.8, 4) is 5.75 Å². The fourth-order valence-electron chi connectivity index (χ4n) is 1.85. The van der Waals surface area contributed by atoms with E-state index in [2.05, 4.69) is 37.0 Å². The Bertz CT molecular complexity index is 502. The maximum atomic E-state index is 5.75. The summed E-state index contributed by atoms with van der Waals surface area (Å²) in [5.74, 6) is 0.932. The number of aromatic nitrogens is 1. The summed E-state index contributed by atoms with van der Waals surface area (Å²) in [7, 11) is 0. The van der Waals surface area contributed by atoms with Gasteiger partial charge in [-0.1, -0.05) is 6.07 Å². The van der Waals surface area contributed by atoms with Gasteiger partial charge in [0, 0.05) is 18.3 Å². The van der Waals surface area contributed by atoms with Gasteiger partial charge in [-0.3, -0.25) is 0 Å². The van der Waals surface area contributed by atoms with E-state index >= 15 is 0 Å². The van der Waals surface area contributed by atoms with E-state index in [1.807, 2.05) is 5.38 Å². The Labute approximate surface area is 112 Å². The molecule has 0 aliphatic carbocycles. The molecular weight excluding hydrogens is 244 g/mol. The largest absolute Gasteiger partial charge is 0.493 e. The first-order valence-electron chi connectivity index (χ1n) is 6.02. The predicted octanol–water partition coefficient (Wildman–Crippen LogP) is 2.84. The Morgan fingerprint density at radius 3 is 2.56 bits per heavy atom. The fraction of sp³-hybridized carbons (Fsp3) is 0.357. The predicted molar refractivity (Wildman–Crippen MR) is 75.1 cm³/mol. The van der Waals surface area contributed by atoms with Crippen molar-refractivity contribution >= 4 is 11.3 Å². The summed E-state index contributed by atoms with van der Waals surface area (Å²) in [6.07, 6.45) is 0.823. The maximum absolute atomic E-state index is 5.75. The number of aryl methyl sites for hydroxylation is 2. The van der Waals surface area contributed by atoms with Gasteiger partial charge in [-0.2, -0.15) is 0 Å². The first kappa shape index (κ1) is 13.1. The lowest BCUT2D eigenvalue weighted by Crippen LogP contribution is -2.03. The summed E-state index contributed by atoms with van der Waals surface area (Å²) in [6.45, 7) is 5.32. The smallest absolute Gasteiger partial charge is 0.119 e. The van der Waals surface area contributed by atoms with Gasteiger partial charge in [0.25, 0.3) is 0 Å². The van der Waals surface area contributed by atoms with Crippen molar-refractivity contribution in [2.24, 2.45) is 5.73 Å². The molecule has 0 fully saturated rings. The molecule has 2 N–H and O–H groups in total. The first-order chi connectivity index (χ1) is 8.67. The van der Waals surface area contributed by atoms with Crippen molar-refractivity contribution in [1.82, 2.24) is 4.98 Å². The van der Waals surface area contributed by atoms with Crippen LogP contribution in [-0.4, -0.2) is 11.6 Å². The second-order valence-electron chi connectivity index (χ2n) is 4.36. The van der Waals surface area contributed by atoms with Gasteiger partial charge in [0.05, 0.1) is 12.3 Å². The normalized spacial score (nSPS) is 10.6. The minimum atomic E-state index is 0.516. The molecule has 0 radical (unpaired) electrons. The van der Waals surface area contributed by atoms with E-state index in [4.69, 9.17) is 10.5 Å². The Morgan fingerprint density at radius 1 is 1.22 bits per heavy atom. The van der Waals surface area contributed by atoms with Gasteiger partial charge in [0.2, 0.25) is 0 Å². The topological polar surface area (TPSA) is 48.1 Å². The summed E-state index contributed by atoms with van der Waals surface area (Å²) < 4.78 is 5.75. The molecule has 0 aliphatic heterocycles. The number of nitrogens with zero attached hydrogens (tertiary/aromatic N) is 1. The van der Waals surface area contributed by atoms with Crippen LogP contribution < -0.4 is 10.5 Å². The monoisotopic (exact) mass is 262 g/mol. The van der Waals surface area contributed by atoms with E-state index in [-0.39, 0.29) is 0 Å². The third-order valence-corrected chi connectivity index (χ3v) is 3.52. The van der Waals surface area contributed by atoms with Crippen LogP contribution in [0, 0.1) is 13.8 Å². The summed E-state index contributed by atoms with van der Waals surface area (Å²) in [6, 6.07) is 6.25. The van der Waals surface area contributed by atoms with Crippen LogP contribution in [0.3, 0.4) is 0 Å². The van der Waals surface area contributed by atoms with Crippen molar-refractivity contribution in [1.29, 1.82) is 0 Å². The molecule has 0 saturated carbocycles. The maximum Gasteiger partial charge on any atom is 0.119 e. The molecule has 0 atom stereocenters. The molecule has 0 aliphatic rings. The van der Waals surface area contributed by atoms with Crippen LogP contribution >= 0.6 is 11.3 Å². The minimum absolute atomic E-state index is 0.516. The van der Waals surface area contributed by atoms with Crippen molar-refractivity contribution in [2.45, 2.75) is 26.8 Å². The van der Waals surface area contributed by atoms with E-state index in [0.29, 0.717) is 13.2 Å². The molecule has 0 spiro atoms. The minimum Gasteiger partial charge on any atom is -0.493 e. The lowest BCUT2D eigenvalue weighted by molar-refractivity contribution is 0.320. The first-order valence-corrected chi connectivity index (χ1v) is 6.90. The highest BCUT2D eigenvalue weighted by atomic mass is 32.1. The molecule has 2 aromatic rings. The summed E-state index contributed by atoms with van der Waals surface area (Å²) in [5, 5.41) is 3.03. The molecule has 2 rings (SSSR count). The van der Waals surface area contributed by atoms with Crippen LogP contribution in [0.15, 0.2) is 23.6 Å². The molecular formula is C14H18N2OS. The number of benzene rings is 1. The third-order valence-electron chi connectivity index (χ3n) is 2.60. The van der Waals surface area contributed by atoms with Crippen LogP contribution in [0.1, 0.15) is 21.8 Å². The molecule has 96 valence electrons. The summed E-state index contributed by atoms with van der Waals surface area (Å²) >= 11 is 1.61. The number of thiazole rings is 1. The zero-order chi connectivity index (χ0) is 13.0. The molecule has 0 amide bonds. The zero-order valence-electron chi connectivity index (χ0n) is 10.8. The van der Waals surface area contributed by atoms with E-state index in [0.717, 1.165) is 22.9 Å². The second kappa shape index (κ2) is 5.98. The molecule has 1 heterocycles. The van der Waals surface area contributed by atoms with E-state index in [1.54, 1.807) is 11.3 Å². The molecule has 0 saturated heterocycles. The quantitative estimate of drug-likeness (QED) is 0.901. The van der Waals surface area contributed by atoms with Crippen LogP contribution in [0.5, 0.6) is 5.75 Å². The standard InChI is InChI=1S/C14H18N2OS/c1-10-5-11(2)7-13(6-10)17-4-3-12-9-18-14(8-15)16-12/h5-7,9H,3-4,8,15H2,1-2H3. The van der Waals surface area contributed by atoms with Gasteiger partial charge >= 0.3 is 0 Å². The van der Waals surface area contributed by atoms with Gasteiger partial charge in [0.15, 0.2) is 0 Å². The molecule has 0 unspecified atom stereocenters. The van der Waals surface area contributed by atoms with Crippen LogP contribution in [-0.2, 0) is 13.0 Å². The lowest BCUT2D eigenvalue weighted by Gasteiger charge is -2.07. The molecule has 4 heteroatoms. The number of hydrogen-bond donors (Lipinski definition) is 1. The zero-order valence-corrected chi connectivity index (χ0v) is 11.6. The second-order valence-corrected chi connectivity index (χ2v) is 5.30. The van der Waals surface area contributed by atoms with Gasteiger partial charge in [-0.15, -0.1) is 11.3 Å². The highest BCUT2D eigenvalue weighted by Crippen LogP contribution is 2.17. The molecule has 1 aromatic carbocycles. The Hall–Kier alpha value is -1.39. The summed E-state index contributed by atoms with van der Waals surface area (Å²) in [4.78, 5) is 4.41. The molecule has 3 nitrogen and oxygen atoms in total. The Kier molecular flexibility index (Phi) is 4.33. The van der Waals surface area contributed by atoms with Crippen molar-refractivity contribution in [3.63, 3.8) is 0 Å². The highest BCUT2D eigenvalue weighted by Gasteiger charge is 2.01. The van der Waals surface area contributed by atoms with Gasteiger partial charge < -0.3 is 10.5 Å². The van der Waals surface area contributed by atoms with Gasteiger partial charge in [0.1, 0.15) is 10.8 Å². The van der Waals surface area contributed by atoms with E-state index in [1.165, 1.54) is 11.1 Å². The van der Waals surface area contributed by atoms with E-state index < -0.39 is 0 Å². The average Bonchev–Trinajstić information content (AvgIpc) is 2.76. The van der Waals surface area contributed by atoms with Crippen molar-refractivity contribution in [3.05, 3.63) is 45.4 Å². The van der Waals surface area contributed by atoms with Crippen LogP contribution in [0.4, 0.5) is 0 Å². The SMILES string of the molecule is Cc1cc(C)cc(OCCc2csc(CN)n2)c1. The van der Waals surface area contributed by atoms with Crippen LogP contribution in [0.25, 0.3) is 0 Å². The third kappa shape index (κ3) is 3.55. The van der Waals surface area contributed by atoms with Crippen LogP contribution in [0.2, 0.25) is 0 Å². The summed E-state index contributed by atoms with van der Waals surface area (Å²) in [5.41, 5.74) is 9.04. The fourth-order valence-corrected chi connectivity index (χ4v) is 2.56. The van der Waals surface area contributed by atoms with Gasteiger partial charge in [-0.25, -0.2) is 4.98 Å². The lowest BCUT2D eigenvalue weighted by atomic mass is 10.1. The number of ether oxygens (including phenoxy) is 1. The average molecular weight is 262 g/mol. The number of rotatable bonds is 5. The van der Waals surface area contributed by atoms with Crippen molar-refractivity contribution < 1.29 is 4.74 Å². The molecule has 1 aromatic heterocycles. The molecule has 18 heavy (non-hydrogen) atoms. The Morgan fingerprint density at radius 2 is 1.94 bits per heavy atom. The van der Waals surface area contributed by atoms with E-state index in [9.17, 15) is 0 Å². The van der Waals surface area contributed by atoms with Crippen molar-refractivity contribution in [2.75, 3.05) is 6.61 Å². The number of hydrogen-bond acceptors (Lipinski definition) is 4. The number of nitrogens with two attached hydrogens (primary N) is 1.